The molecular formula is C21H25N5O2. The van der Waals surface area contributed by atoms with E-state index in [2.05, 4.69) is 37.6 Å². The summed E-state index contributed by atoms with van der Waals surface area (Å²) in [4.78, 5) is 15.9. The Hall–Kier alpha value is -2.67. The Kier molecular flexibility index (Phi) is 4.60. The number of benzene rings is 1. The van der Waals surface area contributed by atoms with Crippen molar-refractivity contribution < 1.29 is 9.47 Å². The van der Waals surface area contributed by atoms with Gasteiger partial charge in [-0.2, -0.15) is 4.98 Å². The minimum Gasteiger partial charge on any atom is -0.481 e. The van der Waals surface area contributed by atoms with E-state index in [-0.39, 0.29) is 0 Å². The van der Waals surface area contributed by atoms with E-state index >= 15 is 0 Å². The molecule has 146 valence electrons. The van der Waals surface area contributed by atoms with Crippen LogP contribution in [0.15, 0.2) is 30.5 Å². The lowest BCUT2D eigenvalue weighted by atomic mass is 9.91. The van der Waals surface area contributed by atoms with Gasteiger partial charge in [0.05, 0.1) is 18.1 Å². The molecule has 1 aromatic carbocycles. The van der Waals surface area contributed by atoms with Crippen molar-refractivity contribution in [3.8, 4) is 11.9 Å². The van der Waals surface area contributed by atoms with Crippen molar-refractivity contribution in [2.75, 3.05) is 20.2 Å². The zero-order chi connectivity index (χ0) is 18.9. The zero-order valence-corrected chi connectivity index (χ0v) is 16.2. The monoisotopic (exact) mass is 379 g/mol. The van der Waals surface area contributed by atoms with Gasteiger partial charge in [0.1, 0.15) is 12.4 Å². The Bertz CT molecular complexity index is 982. The number of hydrogen-bond acceptors (Lipinski definition) is 6. The molecule has 0 N–H and O–H groups in total. The molecule has 1 saturated carbocycles. The number of fused-ring (bicyclic) bond motifs is 3. The Labute approximate surface area is 164 Å². The first-order chi connectivity index (χ1) is 13.8. The van der Waals surface area contributed by atoms with E-state index in [0.29, 0.717) is 18.5 Å². The number of nitrogens with zero attached hydrogens (tertiary/aromatic N) is 5. The normalized spacial score (nSPS) is 17.8. The molecule has 0 radical (unpaired) electrons. The van der Waals surface area contributed by atoms with Gasteiger partial charge in [0.25, 0.3) is 0 Å². The average Bonchev–Trinajstić information content (AvgIpc) is 2.91. The van der Waals surface area contributed by atoms with Gasteiger partial charge in [-0.15, -0.1) is 0 Å². The lowest BCUT2D eigenvalue weighted by Crippen LogP contribution is -2.41. The fraction of sp³-hybridized carbons (Fsp3) is 0.476. The molecule has 7 nitrogen and oxygen atoms in total. The van der Waals surface area contributed by atoms with Crippen LogP contribution in [0, 0.1) is 0 Å². The fourth-order valence-corrected chi connectivity index (χ4v) is 4.11. The topological polar surface area (TPSA) is 65.3 Å². The Morgan fingerprint density at radius 1 is 1.11 bits per heavy atom. The SMILES string of the molecule is COc1ccnc(OCc2ccc3nc4n(c3c2)CCN(C2CCC2)CC4)n1. The van der Waals surface area contributed by atoms with Crippen molar-refractivity contribution >= 4 is 11.0 Å². The van der Waals surface area contributed by atoms with Gasteiger partial charge in [-0.1, -0.05) is 12.5 Å². The van der Waals surface area contributed by atoms with Crippen LogP contribution < -0.4 is 9.47 Å². The van der Waals surface area contributed by atoms with E-state index in [1.165, 1.54) is 30.6 Å². The summed E-state index contributed by atoms with van der Waals surface area (Å²) >= 11 is 0. The van der Waals surface area contributed by atoms with E-state index in [1.807, 2.05) is 0 Å². The lowest BCUT2D eigenvalue weighted by Gasteiger charge is -2.36. The molecule has 0 atom stereocenters. The van der Waals surface area contributed by atoms with E-state index in [9.17, 15) is 0 Å². The first kappa shape index (κ1) is 17.4. The van der Waals surface area contributed by atoms with Crippen molar-refractivity contribution in [3.05, 3.63) is 41.9 Å². The zero-order valence-electron chi connectivity index (χ0n) is 16.2. The number of ether oxygens (including phenoxy) is 2. The van der Waals surface area contributed by atoms with E-state index in [4.69, 9.17) is 14.5 Å². The standard InChI is InChI=1S/C21H25N5O2/c1-27-20-7-9-22-21(24-20)28-14-15-5-6-17-18(13-15)26-12-11-25(16-3-2-4-16)10-8-19(26)23-17/h5-7,9,13,16H,2-4,8,10-12,14H2,1H3. The predicted molar refractivity (Wildman–Crippen MR) is 106 cm³/mol. The first-order valence-corrected chi connectivity index (χ1v) is 10.0. The van der Waals surface area contributed by atoms with Crippen molar-refractivity contribution in [2.45, 2.75) is 44.9 Å². The Morgan fingerprint density at radius 2 is 2.04 bits per heavy atom. The Balaban J connectivity index is 1.34. The summed E-state index contributed by atoms with van der Waals surface area (Å²) in [5.41, 5.74) is 3.34. The number of rotatable bonds is 5. The number of aromatic nitrogens is 4. The summed E-state index contributed by atoms with van der Waals surface area (Å²) in [6.07, 6.45) is 6.76. The Morgan fingerprint density at radius 3 is 2.86 bits per heavy atom. The van der Waals surface area contributed by atoms with Crippen LogP contribution in [0.2, 0.25) is 0 Å². The molecule has 2 aromatic heterocycles. The van der Waals surface area contributed by atoms with E-state index < -0.39 is 0 Å². The van der Waals surface area contributed by atoms with E-state index in [0.717, 1.165) is 43.2 Å². The molecule has 0 bridgehead atoms. The molecule has 3 heterocycles. The summed E-state index contributed by atoms with van der Waals surface area (Å²) in [7, 11) is 1.58. The van der Waals surface area contributed by atoms with Crippen LogP contribution >= 0.6 is 0 Å². The molecule has 1 aliphatic heterocycles. The summed E-state index contributed by atoms with van der Waals surface area (Å²) in [6, 6.07) is 9.16. The summed E-state index contributed by atoms with van der Waals surface area (Å²) < 4.78 is 13.3. The predicted octanol–water partition coefficient (Wildman–Crippen LogP) is 2.82. The van der Waals surface area contributed by atoms with E-state index in [1.54, 1.807) is 19.4 Å². The second kappa shape index (κ2) is 7.39. The van der Waals surface area contributed by atoms with Gasteiger partial charge in [0.2, 0.25) is 5.88 Å². The highest BCUT2D eigenvalue weighted by Crippen LogP contribution is 2.27. The molecular weight excluding hydrogens is 354 g/mol. The van der Waals surface area contributed by atoms with Gasteiger partial charge in [0, 0.05) is 44.4 Å². The summed E-state index contributed by atoms with van der Waals surface area (Å²) in [5.74, 6) is 1.70. The highest BCUT2D eigenvalue weighted by atomic mass is 16.5. The average molecular weight is 379 g/mol. The molecule has 2 aliphatic rings. The third-order valence-electron chi connectivity index (χ3n) is 5.90. The minimum atomic E-state index is 0.322. The molecule has 3 aromatic rings. The maximum absolute atomic E-state index is 5.76. The van der Waals surface area contributed by atoms with Gasteiger partial charge < -0.3 is 14.0 Å². The quantitative estimate of drug-likeness (QED) is 0.679. The molecule has 1 fully saturated rings. The molecule has 0 amide bonds. The molecule has 5 rings (SSSR count). The van der Waals surface area contributed by atoms with Crippen LogP contribution in [0.4, 0.5) is 0 Å². The molecule has 0 spiro atoms. The fourth-order valence-electron chi connectivity index (χ4n) is 4.11. The van der Waals surface area contributed by atoms with Crippen LogP contribution in [0.1, 0.15) is 30.7 Å². The van der Waals surface area contributed by atoms with Crippen molar-refractivity contribution in [2.24, 2.45) is 0 Å². The molecule has 1 aliphatic carbocycles. The number of hydrogen-bond donors (Lipinski definition) is 0. The second-order valence-electron chi connectivity index (χ2n) is 7.54. The maximum Gasteiger partial charge on any atom is 0.320 e. The highest BCUT2D eigenvalue weighted by Gasteiger charge is 2.27. The van der Waals surface area contributed by atoms with Gasteiger partial charge in [-0.3, -0.25) is 4.90 Å². The van der Waals surface area contributed by atoms with Gasteiger partial charge in [0.15, 0.2) is 0 Å². The van der Waals surface area contributed by atoms with Crippen LogP contribution in [-0.4, -0.2) is 50.7 Å². The van der Waals surface area contributed by atoms with Crippen LogP contribution in [-0.2, 0) is 19.6 Å². The van der Waals surface area contributed by atoms with Gasteiger partial charge in [-0.25, -0.2) is 9.97 Å². The lowest BCUT2D eigenvalue weighted by molar-refractivity contribution is 0.130. The highest BCUT2D eigenvalue weighted by molar-refractivity contribution is 5.77. The molecule has 0 saturated heterocycles. The van der Waals surface area contributed by atoms with Crippen LogP contribution in [0.25, 0.3) is 11.0 Å². The maximum atomic E-state index is 5.76. The summed E-state index contributed by atoms with van der Waals surface area (Å²) in [5, 5.41) is 0. The van der Waals surface area contributed by atoms with Crippen molar-refractivity contribution in [1.82, 2.24) is 24.4 Å². The smallest absolute Gasteiger partial charge is 0.320 e. The first-order valence-electron chi connectivity index (χ1n) is 10.0. The van der Waals surface area contributed by atoms with Crippen LogP contribution in [0.5, 0.6) is 11.9 Å². The number of methoxy groups -OCH3 is 1. The van der Waals surface area contributed by atoms with Crippen molar-refractivity contribution in [1.29, 1.82) is 0 Å². The van der Waals surface area contributed by atoms with Gasteiger partial charge in [-0.05, 0) is 30.5 Å². The van der Waals surface area contributed by atoms with Gasteiger partial charge >= 0.3 is 6.01 Å². The number of imidazole rings is 1. The van der Waals surface area contributed by atoms with Crippen molar-refractivity contribution in [3.63, 3.8) is 0 Å². The largest absolute Gasteiger partial charge is 0.481 e. The molecule has 0 unspecified atom stereocenters. The molecule has 7 heteroatoms. The third kappa shape index (κ3) is 3.30. The minimum absolute atomic E-state index is 0.322. The second-order valence-corrected chi connectivity index (χ2v) is 7.54. The van der Waals surface area contributed by atoms with Crippen LogP contribution in [0.3, 0.4) is 0 Å². The molecule has 28 heavy (non-hydrogen) atoms. The third-order valence-corrected chi connectivity index (χ3v) is 5.90. The summed E-state index contributed by atoms with van der Waals surface area (Å²) in [6.45, 7) is 3.65.